The van der Waals surface area contributed by atoms with Crippen LogP contribution >= 0.6 is 11.8 Å². The molecule has 17 heavy (non-hydrogen) atoms. The Balaban J connectivity index is 2.61. The van der Waals surface area contributed by atoms with Crippen molar-refractivity contribution in [1.29, 1.82) is 0 Å². The van der Waals surface area contributed by atoms with Crippen LogP contribution in [0.25, 0.3) is 0 Å². The fourth-order valence-corrected chi connectivity index (χ4v) is 1.99. The zero-order valence-electron chi connectivity index (χ0n) is 9.75. The molecule has 0 radical (unpaired) electrons. The van der Waals surface area contributed by atoms with Crippen LogP contribution in [0.4, 0.5) is 0 Å². The van der Waals surface area contributed by atoms with E-state index in [1.165, 1.54) is 30.0 Å². The molecule has 0 saturated carbocycles. The molecular weight excluding hydrogens is 240 g/mol. The molecule has 2 atom stereocenters. The summed E-state index contributed by atoms with van der Waals surface area (Å²) in [7, 11) is 0. The Hall–Kier alpha value is -1.20. The van der Waals surface area contributed by atoms with Gasteiger partial charge in [-0.2, -0.15) is 0 Å². The van der Waals surface area contributed by atoms with Crippen LogP contribution in [0.15, 0.2) is 18.2 Å². The number of Topliss-reactive ketones (excluding diaryl/α,β-unsaturated/α-hetero) is 1. The van der Waals surface area contributed by atoms with Gasteiger partial charge >= 0.3 is 0 Å². The topological polar surface area (TPSA) is 77.8 Å². The minimum absolute atomic E-state index is 0.0235. The minimum atomic E-state index is -0.471. The molecule has 0 aliphatic carbocycles. The molecule has 2 unspecified atom stereocenters. The number of thioether (sulfide) groups is 1. The molecule has 0 aliphatic heterocycles. The van der Waals surface area contributed by atoms with Crippen LogP contribution in [-0.2, 0) is 0 Å². The second-order valence-electron chi connectivity index (χ2n) is 3.88. The van der Waals surface area contributed by atoms with E-state index in [-0.39, 0.29) is 28.3 Å². The van der Waals surface area contributed by atoms with Crippen LogP contribution in [0.2, 0.25) is 0 Å². The second kappa shape index (κ2) is 5.93. The lowest BCUT2D eigenvalue weighted by Gasteiger charge is -2.13. The highest BCUT2D eigenvalue weighted by molar-refractivity contribution is 8.00. The van der Waals surface area contributed by atoms with Crippen molar-refractivity contribution in [2.45, 2.75) is 25.2 Å². The van der Waals surface area contributed by atoms with Crippen LogP contribution in [0, 0.1) is 0 Å². The lowest BCUT2D eigenvalue weighted by Crippen LogP contribution is -2.17. The van der Waals surface area contributed by atoms with Crippen molar-refractivity contribution in [2.24, 2.45) is 0 Å². The molecule has 3 N–H and O–H groups in total. The molecule has 0 aliphatic rings. The molecule has 1 rings (SSSR count). The Morgan fingerprint density at radius 1 is 1.29 bits per heavy atom. The average Bonchev–Trinajstić information content (AvgIpc) is 2.28. The Morgan fingerprint density at radius 2 is 1.94 bits per heavy atom. The molecule has 1 aromatic rings. The number of phenolic OH excluding ortho intramolecular Hbond substituents is 2. The Morgan fingerprint density at radius 3 is 2.47 bits per heavy atom. The SMILES string of the molecule is CC(O)C(C)SCC(=O)c1ccc(O)c(O)c1. The number of benzene rings is 1. The first-order valence-electron chi connectivity index (χ1n) is 5.26. The number of aliphatic hydroxyl groups excluding tert-OH is 1. The standard InChI is InChI=1S/C12H16O4S/c1-7(13)8(2)17-6-12(16)9-3-4-10(14)11(15)5-9/h3-5,7-8,13-15H,6H2,1-2H3. The first-order valence-corrected chi connectivity index (χ1v) is 6.31. The normalized spacial score (nSPS) is 14.3. The number of phenols is 2. The Kier molecular flexibility index (Phi) is 4.84. The predicted molar refractivity (Wildman–Crippen MR) is 67.7 cm³/mol. The number of aliphatic hydroxyl groups is 1. The summed E-state index contributed by atoms with van der Waals surface area (Å²) < 4.78 is 0. The van der Waals surface area contributed by atoms with Gasteiger partial charge in [0.15, 0.2) is 17.3 Å². The highest BCUT2D eigenvalue weighted by Crippen LogP contribution is 2.26. The van der Waals surface area contributed by atoms with Gasteiger partial charge in [-0.3, -0.25) is 4.79 Å². The van der Waals surface area contributed by atoms with Crippen molar-refractivity contribution in [3.63, 3.8) is 0 Å². The first kappa shape index (κ1) is 13.9. The summed E-state index contributed by atoms with van der Waals surface area (Å²) in [4.78, 5) is 11.7. The number of aromatic hydroxyl groups is 2. The third-order valence-electron chi connectivity index (χ3n) is 2.45. The molecule has 0 aromatic heterocycles. The van der Waals surface area contributed by atoms with Gasteiger partial charge in [0, 0.05) is 10.8 Å². The minimum Gasteiger partial charge on any atom is -0.504 e. The third kappa shape index (κ3) is 3.94. The van der Waals surface area contributed by atoms with Crippen LogP contribution < -0.4 is 0 Å². The number of hydrogen-bond donors (Lipinski definition) is 3. The van der Waals surface area contributed by atoms with E-state index in [1.54, 1.807) is 6.92 Å². The number of hydrogen-bond acceptors (Lipinski definition) is 5. The van der Waals surface area contributed by atoms with E-state index in [9.17, 15) is 15.0 Å². The van der Waals surface area contributed by atoms with Gasteiger partial charge in [0.2, 0.25) is 0 Å². The summed E-state index contributed by atoms with van der Waals surface area (Å²) in [6.45, 7) is 3.52. The van der Waals surface area contributed by atoms with Gasteiger partial charge < -0.3 is 15.3 Å². The van der Waals surface area contributed by atoms with E-state index in [0.29, 0.717) is 5.56 Å². The molecule has 5 heteroatoms. The van der Waals surface area contributed by atoms with E-state index >= 15 is 0 Å². The first-order chi connectivity index (χ1) is 7.91. The quantitative estimate of drug-likeness (QED) is 0.553. The molecule has 0 heterocycles. The van der Waals surface area contributed by atoms with Gasteiger partial charge in [-0.25, -0.2) is 0 Å². The van der Waals surface area contributed by atoms with Crippen molar-refractivity contribution in [1.82, 2.24) is 0 Å². The molecule has 0 amide bonds. The molecule has 1 aromatic carbocycles. The number of rotatable bonds is 5. The fraction of sp³-hybridized carbons (Fsp3) is 0.417. The zero-order valence-corrected chi connectivity index (χ0v) is 10.6. The molecule has 0 fully saturated rings. The van der Waals surface area contributed by atoms with Gasteiger partial charge in [-0.15, -0.1) is 11.8 Å². The maximum atomic E-state index is 11.7. The van der Waals surface area contributed by atoms with Crippen molar-refractivity contribution in [2.75, 3.05) is 5.75 Å². The predicted octanol–water partition coefficient (Wildman–Crippen LogP) is 1.78. The molecule has 94 valence electrons. The van der Waals surface area contributed by atoms with Crippen molar-refractivity contribution in [3.05, 3.63) is 23.8 Å². The number of ketones is 1. The van der Waals surface area contributed by atoms with Gasteiger partial charge in [0.05, 0.1) is 11.9 Å². The van der Waals surface area contributed by atoms with Crippen LogP contribution in [0.5, 0.6) is 11.5 Å². The summed E-state index contributed by atoms with van der Waals surface area (Å²) >= 11 is 1.35. The van der Waals surface area contributed by atoms with Crippen LogP contribution in [0.3, 0.4) is 0 Å². The largest absolute Gasteiger partial charge is 0.504 e. The van der Waals surface area contributed by atoms with Gasteiger partial charge in [-0.05, 0) is 25.1 Å². The van der Waals surface area contributed by atoms with Crippen molar-refractivity contribution in [3.8, 4) is 11.5 Å². The summed E-state index contributed by atoms with van der Waals surface area (Å²) in [5.41, 5.74) is 0.352. The zero-order chi connectivity index (χ0) is 13.0. The monoisotopic (exact) mass is 256 g/mol. The van der Waals surface area contributed by atoms with Crippen molar-refractivity contribution >= 4 is 17.5 Å². The highest BCUT2D eigenvalue weighted by Gasteiger charge is 2.14. The summed E-state index contributed by atoms with van der Waals surface area (Å²) in [5, 5.41) is 27.6. The van der Waals surface area contributed by atoms with Crippen LogP contribution in [-0.4, -0.2) is 38.2 Å². The van der Waals surface area contributed by atoms with Gasteiger partial charge in [0.1, 0.15) is 0 Å². The molecule has 0 bridgehead atoms. The van der Waals surface area contributed by atoms with E-state index < -0.39 is 6.10 Å². The van der Waals surface area contributed by atoms with Crippen LogP contribution in [0.1, 0.15) is 24.2 Å². The molecular formula is C12H16O4S. The lowest BCUT2D eigenvalue weighted by molar-refractivity contribution is 0.102. The number of carbonyl (C=O) groups is 1. The Labute approximate surface area is 104 Å². The van der Waals surface area contributed by atoms with E-state index in [1.807, 2.05) is 6.92 Å². The Bertz CT molecular complexity index is 403. The molecule has 0 spiro atoms. The summed E-state index contributed by atoms with van der Waals surface area (Å²) in [6.07, 6.45) is -0.471. The second-order valence-corrected chi connectivity index (χ2v) is 5.25. The average molecular weight is 256 g/mol. The highest BCUT2D eigenvalue weighted by atomic mass is 32.2. The molecule has 4 nitrogen and oxygen atoms in total. The fourth-order valence-electron chi connectivity index (χ4n) is 1.13. The van der Waals surface area contributed by atoms with Gasteiger partial charge in [-0.1, -0.05) is 6.92 Å². The maximum absolute atomic E-state index is 11.7. The maximum Gasteiger partial charge on any atom is 0.172 e. The van der Waals surface area contributed by atoms with Crippen molar-refractivity contribution < 1.29 is 20.1 Å². The van der Waals surface area contributed by atoms with E-state index in [2.05, 4.69) is 0 Å². The van der Waals surface area contributed by atoms with E-state index in [0.717, 1.165) is 0 Å². The van der Waals surface area contributed by atoms with Gasteiger partial charge in [0.25, 0.3) is 0 Å². The summed E-state index contributed by atoms with van der Waals surface area (Å²) in [6, 6.07) is 3.99. The lowest BCUT2D eigenvalue weighted by atomic mass is 10.1. The molecule has 0 saturated heterocycles. The smallest absolute Gasteiger partial charge is 0.172 e. The summed E-state index contributed by atoms with van der Waals surface area (Å²) in [5.74, 6) is -0.454. The number of carbonyl (C=O) groups excluding carboxylic acids is 1. The van der Waals surface area contributed by atoms with E-state index in [4.69, 9.17) is 5.11 Å². The third-order valence-corrected chi connectivity index (χ3v) is 3.80.